The maximum absolute atomic E-state index is 14.4. The number of carboxylic acids is 1. The van der Waals surface area contributed by atoms with E-state index >= 15 is 0 Å². The lowest BCUT2D eigenvalue weighted by atomic mass is 9.89. The average Bonchev–Trinajstić information content (AvgIpc) is 3.47. The highest BCUT2D eigenvalue weighted by molar-refractivity contribution is 5.96. The fourth-order valence-corrected chi connectivity index (χ4v) is 6.52. The van der Waals surface area contributed by atoms with Gasteiger partial charge in [-0.15, -0.1) is 0 Å². The van der Waals surface area contributed by atoms with Gasteiger partial charge in [0.15, 0.2) is 5.78 Å². The maximum atomic E-state index is 14.4. The molecule has 2 amide bonds. The summed E-state index contributed by atoms with van der Waals surface area (Å²) in [4.78, 5) is 59.3. The molecule has 3 aromatic carbocycles. The van der Waals surface area contributed by atoms with Gasteiger partial charge in [0.05, 0.1) is 18.0 Å². The lowest BCUT2D eigenvalue weighted by Gasteiger charge is -2.38. The largest absolute Gasteiger partial charge is 0.481 e. The van der Waals surface area contributed by atoms with Gasteiger partial charge in [0.1, 0.15) is 6.04 Å². The average molecular weight is 637 g/mol. The monoisotopic (exact) mass is 636 g/mol. The number of aromatic nitrogens is 1. The number of piperazine rings is 1. The van der Waals surface area contributed by atoms with E-state index in [1.54, 1.807) is 4.90 Å². The number of rotatable bonds is 15. The molecule has 9 heteroatoms. The molecule has 0 bridgehead atoms. The van der Waals surface area contributed by atoms with Gasteiger partial charge in [0.25, 0.3) is 0 Å². The van der Waals surface area contributed by atoms with Crippen molar-refractivity contribution in [3.8, 4) is 0 Å². The Morgan fingerprint density at radius 3 is 2.26 bits per heavy atom. The third-order valence-corrected chi connectivity index (χ3v) is 8.91. The first-order valence-electron chi connectivity index (χ1n) is 16.4. The Morgan fingerprint density at radius 1 is 0.915 bits per heavy atom. The van der Waals surface area contributed by atoms with Crippen molar-refractivity contribution in [2.75, 3.05) is 13.1 Å². The van der Waals surface area contributed by atoms with Crippen molar-refractivity contribution in [1.29, 1.82) is 0 Å². The number of Topliss-reactive ketones (excluding diaryl/α,β-unsaturated/α-hetero) is 1. The van der Waals surface area contributed by atoms with Gasteiger partial charge in [0, 0.05) is 43.0 Å². The Bertz CT molecular complexity index is 1670. The second-order valence-corrected chi connectivity index (χ2v) is 12.9. The van der Waals surface area contributed by atoms with Crippen LogP contribution in [0.2, 0.25) is 0 Å². The first-order chi connectivity index (χ1) is 22.7. The number of para-hydroxylation sites is 1. The van der Waals surface area contributed by atoms with Crippen LogP contribution in [0.25, 0.3) is 10.9 Å². The number of carbonyl (C=O) groups is 4. The lowest BCUT2D eigenvalue weighted by Crippen LogP contribution is -2.63. The number of amides is 2. The molecule has 4 aromatic rings. The molecule has 1 aliphatic heterocycles. The van der Waals surface area contributed by atoms with E-state index in [2.05, 4.69) is 15.6 Å². The normalized spacial score (nSPS) is 17.0. The number of hydrogen-bond donors (Lipinski definition) is 4. The number of benzene rings is 3. The van der Waals surface area contributed by atoms with Crippen LogP contribution >= 0.6 is 0 Å². The van der Waals surface area contributed by atoms with Crippen molar-refractivity contribution < 1.29 is 24.3 Å². The predicted octanol–water partition coefficient (Wildman–Crippen LogP) is 4.56. The van der Waals surface area contributed by atoms with E-state index in [-0.39, 0.29) is 36.9 Å². The van der Waals surface area contributed by atoms with Crippen molar-refractivity contribution in [3.63, 3.8) is 0 Å². The number of nitrogens with one attached hydrogen (secondary N) is 3. The Hall–Kier alpha value is -4.76. The zero-order valence-electron chi connectivity index (χ0n) is 27.0. The summed E-state index contributed by atoms with van der Waals surface area (Å²) in [5.74, 6) is -2.73. The minimum Gasteiger partial charge on any atom is -0.481 e. The molecule has 1 aromatic heterocycles. The molecule has 1 aliphatic rings. The second kappa shape index (κ2) is 15.7. The summed E-state index contributed by atoms with van der Waals surface area (Å²) in [5.41, 5.74) is 3.68. The summed E-state index contributed by atoms with van der Waals surface area (Å²) < 4.78 is 0. The lowest BCUT2D eigenvalue weighted by molar-refractivity contribution is -0.146. The van der Waals surface area contributed by atoms with Crippen LogP contribution in [-0.4, -0.2) is 69.8 Å². The summed E-state index contributed by atoms with van der Waals surface area (Å²) in [6.07, 6.45) is 2.98. The van der Waals surface area contributed by atoms with Crippen molar-refractivity contribution >= 4 is 34.5 Å². The molecule has 1 saturated heterocycles. The van der Waals surface area contributed by atoms with Gasteiger partial charge in [-0.2, -0.15) is 0 Å². The van der Waals surface area contributed by atoms with Gasteiger partial charge in [0.2, 0.25) is 11.8 Å². The number of carboxylic acid groups (broad SMARTS) is 1. The summed E-state index contributed by atoms with van der Waals surface area (Å²) in [5, 5.41) is 17.2. The van der Waals surface area contributed by atoms with Gasteiger partial charge < -0.3 is 25.6 Å². The molecule has 0 unspecified atom stereocenters. The smallest absolute Gasteiger partial charge is 0.306 e. The first-order valence-corrected chi connectivity index (χ1v) is 16.4. The van der Waals surface area contributed by atoms with E-state index in [0.29, 0.717) is 25.9 Å². The Kier molecular flexibility index (Phi) is 11.2. The fraction of sp³-hybridized carbons (Fsp3) is 0.368. The SMILES string of the molecule is CC(C)C[C@H](CC(=O)[C@H](Cc1ccccc1)NC(=O)[C@H](Cc1c[nH]c2ccccc12)N1CCN[C@@H](Cc2ccccc2)C1=O)C(=O)O. The predicted molar refractivity (Wildman–Crippen MR) is 182 cm³/mol. The van der Waals surface area contributed by atoms with Crippen LogP contribution in [0.5, 0.6) is 0 Å². The highest BCUT2D eigenvalue weighted by Gasteiger charge is 2.38. The van der Waals surface area contributed by atoms with Gasteiger partial charge in [-0.05, 0) is 47.9 Å². The Morgan fingerprint density at radius 2 is 1.57 bits per heavy atom. The van der Waals surface area contributed by atoms with Crippen molar-refractivity contribution in [2.24, 2.45) is 11.8 Å². The molecule has 246 valence electrons. The molecule has 47 heavy (non-hydrogen) atoms. The summed E-state index contributed by atoms with van der Waals surface area (Å²) in [7, 11) is 0. The summed E-state index contributed by atoms with van der Waals surface area (Å²) >= 11 is 0. The van der Waals surface area contributed by atoms with Crippen LogP contribution in [0, 0.1) is 11.8 Å². The first kappa shape index (κ1) is 33.6. The van der Waals surface area contributed by atoms with E-state index < -0.39 is 35.9 Å². The molecule has 2 heterocycles. The number of nitrogens with zero attached hydrogens (tertiary/aromatic N) is 1. The van der Waals surface area contributed by atoms with Gasteiger partial charge in [-0.25, -0.2) is 0 Å². The highest BCUT2D eigenvalue weighted by atomic mass is 16.4. The van der Waals surface area contributed by atoms with Gasteiger partial charge >= 0.3 is 5.97 Å². The van der Waals surface area contributed by atoms with Gasteiger partial charge in [-0.3, -0.25) is 19.2 Å². The standard InChI is InChI=1S/C38H44N4O5/c1-25(2)19-28(38(46)47)23-35(43)32(20-26-11-5-3-6-12-26)41-36(44)34(22-29-24-40-31-16-10-9-15-30(29)31)42-18-17-39-33(37(42)45)21-27-13-7-4-8-14-27/h3-16,24-25,28,32-34,39-40H,17-23H2,1-2H3,(H,41,44)(H,46,47)/t28-,32+,33+,34+/m1/s1. The molecule has 5 rings (SSSR count). The highest BCUT2D eigenvalue weighted by Crippen LogP contribution is 2.23. The number of aromatic amines is 1. The van der Waals surface area contributed by atoms with E-state index in [9.17, 15) is 24.3 Å². The minimum absolute atomic E-state index is 0.0918. The quantitative estimate of drug-likeness (QED) is 0.151. The summed E-state index contributed by atoms with van der Waals surface area (Å²) in [6, 6.07) is 24.6. The van der Waals surface area contributed by atoms with Crippen molar-refractivity contribution in [2.45, 2.75) is 64.1 Å². The van der Waals surface area contributed by atoms with Crippen LogP contribution < -0.4 is 10.6 Å². The van der Waals surface area contributed by atoms with Crippen LogP contribution in [0.3, 0.4) is 0 Å². The van der Waals surface area contributed by atoms with Crippen LogP contribution in [0.15, 0.2) is 91.1 Å². The van der Waals surface area contributed by atoms with E-state index in [0.717, 1.165) is 27.6 Å². The number of aliphatic carboxylic acids is 1. The maximum Gasteiger partial charge on any atom is 0.306 e. The minimum atomic E-state index is -1.02. The molecule has 4 N–H and O–H groups in total. The van der Waals surface area contributed by atoms with Gasteiger partial charge in [-0.1, -0.05) is 92.7 Å². The zero-order chi connectivity index (χ0) is 33.3. The molecular formula is C38H44N4O5. The number of ketones is 1. The van der Waals surface area contributed by atoms with Crippen molar-refractivity contribution in [3.05, 3.63) is 108 Å². The molecule has 9 nitrogen and oxygen atoms in total. The molecule has 1 fully saturated rings. The summed E-state index contributed by atoms with van der Waals surface area (Å²) in [6.45, 7) is 4.70. The number of carbonyl (C=O) groups excluding carboxylic acids is 3. The molecule has 0 aliphatic carbocycles. The van der Waals surface area contributed by atoms with E-state index in [1.165, 1.54) is 0 Å². The molecular weight excluding hydrogens is 592 g/mol. The molecule has 0 spiro atoms. The number of fused-ring (bicyclic) bond motifs is 1. The second-order valence-electron chi connectivity index (χ2n) is 12.9. The zero-order valence-corrected chi connectivity index (χ0v) is 27.0. The van der Waals surface area contributed by atoms with Crippen LogP contribution in [-0.2, 0) is 38.4 Å². The number of H-pyrrole nitrogens is 1. The van der Waals surface area contributed by atoms with E-state index in [1.807, 2.05) is 105 Å². The van der Waals surface area contributed by atoms with Crippen molar-refractivity contribution in [1.82, 2.24) is 20.5 Å². The number of hydrogen-bond acceptors (Lipinski definition) is 5. The molecule has 0 saturated carbocycles. The third-order valence-electron chi connectivity index (χ3n) is 8.91. The molecule has 0 radical (unpaired) electrons. The van der Waals surface area contributed by atoms with Crippen LogP contribution in [0.4, 0.5) is 0 Å². The molecule has 4 atom stereocenters. The Labute approximate surface area is 275 Å². The Balaban J connectivity index is 1.44. The third kappa shape index (κ3) is 8.74. The fourth-order valence-electron chi connectivity index (χ4n) is 6.52. The van der Waals surface area contributed by atoms with E-state index in [4.69, 9.17) is 0 Å². The van der Waals surface area contributed by atoms with Crippen LogP contribution in [0.1, 0.15) is 43.4 Å². The topological polar surface area (TPSA) is 132 Å².